The molecule has 2 rings (SSSR count). The lowest BCUT2D eigenvalue weighted by Gasteiger charge is -2.13. The molecule has 21 heavy (non-hydrogen) atoms. The highest BCUT2D eigenvalue weighted by Crippen LogP contribution is 2.30. The van der Waals surface area contributed by atoms with Crippen LogP contribution in [0.25, 0.3) is 0 Å². The van der Waals surface area contributed by atoms with Crippen LogP contribution in [0.15, 0.2) is 42.5 Å². The summed E-state index contributed by atoms with van der Waals surface area (Å²) in [6.07, 6.45) is 0. The maximum atomic E-state index is 8.86. The number of anilines is 1. The summed E-state index contributed by atoms with van der Waals surface area (Å²) in [5, 5.41) is 12.2. The van der Waals surface area contributed by atoms with Gasteiger partial charge in [-0.2, -0.15) is 0 Å². The fourth-order valence-electron chi connectivity index (χ4n) is 2.08. The van der Waals surface area contributed by atoms with Crippen molar-refractivity contribution in [3.8, 4) is 11.5 Å². The Labute approximate surface area is 125 Å². The van der Waals surface area contributed by atoms with Gasteiger partial charge in [-0.15, -0.1) is 0 Å². The molecule has 2 N–H and O–H groups in total. The van der Waals surface area contributed by atoms with E-state index >= 15 is 0 Å². The zero-order valence-corrected chi connectivity index (χ0v) is 12.4. The Hall–Kier alpha value is -2.20. The number of benzene rings is 2. The molecule has 4 heteroatoms. The summed E-state index contributed by atoms with van der Waals surface area (Å²) < 4.78 is 10.7. The van der Waals surface area contributed by atoms with Crippen molar-refractivity contribution in [3.63, 3.8) is 0 Å². The van der Waals surface area contributed by atoms with Crippen molar-refractivity contribution in [2.24, 2.45) is 0 Å². The summed E-state index contributed by atoms with van der Waals surface area (Å²) in [6, 6.07) is 14.1. The maximum Gasteiger partial charge on any atom is 0.163 e. The predicted octanol–water partition coefficient (Wildman–Crippen LogP) is 2.99. The monoisotopic (exact) mass is 287 g/mol. The topological polar surface area (TPSA) is 50.7 Å². The Morgan fingerprint density at radius 2 is 1.95 bits per heavy atom. The molecule has 0 atom stereocenters. The average Bonchev–Trinajstić information content (AvgIpc) is 2.51. The number of methoxy groups -OCH3 is 1. The minimum absolute atomic E-state index is 0.0237. The van der Waals surface area contributed by atoms with Gasteiger partial charge in [-0.1, -0.05) is 29.8 Å². The second-order valence-corrected chi connectivity index (χ2v) is 4.78. The Kier molecular flexibility index (Phi) is 5.46. The Balaban J connectivity index is 2.06. The molecule has 0 saturated carbocycles. The van der Waals surface area contributed by atoms with Crippen molar-refractivity contribution in [1.82, 2.24) is 0 Å². The standard InChI is InChI=1S/C17H21NO3/c1-13-4-3-5-14(10-13)12-18-15-6-7-16(20-2)17(11-15)21-9-8-19/h3-7,10-11,18-19H,8-9,12H2,1-2H3. The van der Waals surface area contributed by atoms with E-state index in [2.05, 4.69) is 36.5 Å². The predicted molar refractivity (Wildman–Crippen MR) is 84.1 cm³/mol. The molecule has 0 saturated heterocycles. The SMILES string of the molecule is COc1ccc(NCc2cccc(C)c2)cc1OCCO. The van der Waals surface area contributed by atoms with Crippen molar-refractivity contribution in [2.75, 3.05) is 25.6 Å². The number of hydrogen-bond donors (Lipinski definition) is 2. The van der Waals surface area contributed by atoms with E-state index < -0.39 is 0 Å². The molecule has 2 aromatic carbocycles. The first-order valence-electron chi connectivity index (χ1n) is 6.94. The van der Waals surface area contributed by atoms with Gasteiger partial charge in [0.25, 0.3) is 0 Å². The van der Waals surface area contributed by atoms with Crippen LogP contribution in [0.1, 0.15) is 11.1 Å². The number of aryl methyl sites for hydroxylation is 1. The molecule has 0 fully saturated rings. The van der Waals surface area contributed by atoms with Crippen molar-refractivity contribution < 1.29 is 14.6 Å². The van der Waals surface area contributed by atoms with Gasteiger partial charge in [0.15, 0.2) is 11.5 Å². The van der Waals surface area contributed by atoms with Gasteiger partial charge in [0.1, 0.15) is 6.61 Å². The number of hydrogen-bond acceptors (Lipinski definition) is 4. The van der Waals surface area contributed by atoms with Crippen LogP contribution in [0.5, 0.6) is 11.5 Å². The van der Waals surface area contributed by atoms with Crippen molar-refractivity contribution >= 4 is 5.69 Å². The largest absolute Gasteiger partial charge is 0.493 e. The molecule has 0 aromatic heterocycles. The van der Waals surface area contributed by atoms with Gasteiger partial charge >= 0.3 is 0 Å². The molecule has 0 aliphatic heterocycles. The van der Waals surface area contributed by atoms with Crippen LogP contribution in [0, 0.1) is 6.92 Å². The van der Waals surface area contributed by atoms with Gasteiger partial charge in [0, 0.05) is 18.3 Å². The van der Waals surface area contributed by atoms with E-state index in [0.29, 0.717) is 11.5 Å². The lowest BCUT2D eigenvalue weighted by Crippen LogP contribution is -2.04. The molecule has 0 heterocycles. The number of nitrogens with one attached hydrogen (secondary N) is 1. The third-order valence-corrected chi connectivity index (χ3v) is 3.09. The van der Waals surface area contributed by atoms with Crippen LogP contribution < -0.4 is 14.8 Å². The summed E-state index contributed by atoms with van der Waals surface area (Å²) in [4.78, 5) is 0. The zero-order valence-electron chi connectivity index (χ0n) is 12.4. The van der Waals surface area contributed by atoms with E-state index in [1.807, 2.05) is 18.2 Å². The highest BCUT2D eigenvalue weighted by molar-refractivity contribution is 5.55. The number of ether oxygens (including phenoxy) is 2. The van der Waals surface area contributed by atoms with Crippen molar-refractivity contribution in [2.45, 2.75) is 13.5 Å². The number of rotatable bonds is 7. The smallest absolute Gasteiger partial charge is 0.163 e. The molecule has 0 unspecified atom stereocenters. The van der Waals surface area contributed by atoms with Crippen LogP contribution >= 0.6 is 0 Å². The molecular weight excluding hydrogens is 266 g/mol. The van der Waals surface area contributed by atoms with Crippen LogP contribution in [0.3, 0.4) is 0 Å². The highest BCUT2D eigenvalue weighted by Gasteiger charge is 2.05. The van der Waals surface area contributed by atoms with Gasteiger partial charge in [-0.05, 0) is 24.6 Å². The van der Waals surface area contributed by atoms with Crippen LogP contribution in [-0.4, -0.2) is 25.4 Å². The van der Waals surface area contributed by atoms with Crippen LogP contribution in [-0.2, 0) is 6.54 Å². The number of aliphatic hydroxyl groups is 1. The first-order valence-corrected chi connectivity index (χ1v) is 6.94. The Morgan fingerprint density at radius 3 is 2.67 bits per heavy atom. The molecule has 0 spiro atoms. The van der Waals surface area contributed by atoms with Gasteiger partial charge in [-0.25, -0.2) is 0 Å². The van der Waals surface area contributed by atoms with Crippen LogP contribution in [0.2, 0.25) is 0 Å². The molecule has 0 bridgehead atoms. The summed E-state index contributed by atoms with van der Waals surface area (Å²) in [6.45, 7) is 3.05. The summed E-state index contributed by atoms with van der Waals surface area (Å²) in [5.41, 5.74) is 3.42. The second kappa shape index (κ2) is 7.55. The van der Waals surface area contributed by atoms with Gasteiger partial charge < -0.3 is 19.9 Å². The Morgan fingerprint density at radius 1 is 1.10 bits per heavy atom. The molecule has 4 nitrogen and oxygen atoms in total. The second-order valence-electron chi connectivity index (χ2n) is 4.78. The minimum atomic E-state index is -0.0237. The minimum Gasteiger partial charge on any atom is -0.493 e. The molecule has 0 aliphatic rings. The average molecular weight is 287 g/mol. The molecule has 112 valence electrons. The van der Waals surface area contributed by atoms with E-state index in [1.165, 1.54) is 11.1 Å². The first kappa shape index (κ1) is 15.2. The molecule has 0 radical (unpaired) electrons. The molecule has 2 aromatic rings. The van der Waals surface area contributed by atoms with E-state index in [-0.39, 0.29) is 13.2 Å². The third-order valence-electron chi connectivity index (χ3n) is 3.09. The fourth-order valence-corrected chi connectivity index (χ4v) is 2.08. The van der Waals surface area contributed by atoms with E-state index in [9.17, 15) is 0 Å². The van der Waals surface area contributed by atoms with Crippen molar-refractivity contribution in [3.05, 3.63) is 53.6 Å². The van der Waals surface area contributed by atoms with Crippen LogP contribution in [0.4, 0.5) is 5.69 Å². The lowest BCUT2D eigenvalue weighted by molar-refractivity contribution is 0.196. The summed E-state index contributed by atoms with van der Waals surface area (Å²) in [5.74, 6) is 1.28. The molecule has 0 aliphatic carbocycles. The van der Waals surface area contributed by atoms with Gasteiger partial charge in [0.05, 0.1) is 13.7 Å². The maximum absolute atomic E-state index is 8.86. The van der Waals surface area contributed by atoms with E-state index in [0.717, 1.165) is 12.2 Å². The first-order chi connectivity index (χ1) is 10.2. The Bertz CT molecular complexity index is 584. The quantitative estimate of drug-likeness (QED) is 0.822. The third kappa shape index (κ3) is 4.39. The number of aliphatic hydroxyl groups excluding tert-OH is 1. The van der Waals surface area contributed by atoms with E-state index in [4.69, 9.17) is 14.6 Å². The molecule has 0 amide bonds. The van der Waals surface area contributed by atoms with Gasteiger partial charge in [-0.3, -0.25) is 0 Å². The summed E-state index contributed by atoms with van der Waals surface area (Å²) in [7, 11) is 1.60. The molecular formula is C17H21NO3. The fraction of sp³-hybridized carbons (Fsp3) is 0.294. The van der Waals surface area contributed by atoms with Crippen molar-refractivity contribution in [1.29, 1.82) is 0 Å². The zero-order chi connectivity index (χ0) is 15.1. The van der Waals surface area contributed by atoms with E-state index in [1.54, 1.807) is 7.11 Å². The summed E-state index contributed by atoms with van der Waals surface area (Å²) >= 11 is 0. The normalized spacial score (nSPS) is 10.2. The van der Waals surface area contributed by atoms with Gasteiger partial charge in [0.2, 0.25) is 0 Å². The highest BCUT2D eigenvalue weighted by atomic mass is 16.5. The lowest BCUT2D eigenvalue weighted by atomic mass is 10.1.